The van der Waals surface area contributed by atoms with Crippen molar-refractivity contribution in [3.05, 3.63) is 30.3 Å². The smallest absolute Gasteiger partial charge is 0.305 e. The van der Waals surface area contributed by atoms with Gasteiger partial charge in [-0.1, -0.05) is 18.2 Å². The minimum atomic E-state index is -4.28. The third-order valence-corrected chi connectivity index (χ3v) is 3.66. The summed E-state index contributed by atoms with van der Waals surface area (Å²) in [5.74, 6) is -0.984. The zero-order valence-electron chi connectivity index (χ0n) is 10.9. The number of thioether (sulfide) groups is 1. The average molecular weight is 318 g/mol. The Morgan fingerprint density at radius 3 is 2.52 bits per heavy atom. The van der Waals surface area contributed by atoms with Crippen molar-refractivity contribution in [1.82, 2.24) is 5.32 Å². The van der Waals surface area contributed by atoms with E-state index in [0.717, 1.165) is 4.90 Å². The summed E-state index contributed by atoms with van der Waals surface area (Å²) in [6, 6.07) is 7.69. The lowest BCUT2D eigenvalue weighted by Crippen LogP contribution is -2.39. The number of amides is 2. The van der Waals surface area contributed by atoms with Crippen LogP contribution in [0.25, 0.3) is 0 Å². The van der Waals surface area contributed by atoms with E-state index >= 15 is 0 Å². The Hall–Kier alpha value is -1.54. The molecule has 4 nitrogen and oxygen atoms in total. The third kappa shape index (κ3) is 4.21. The summed E-state index contributed by atoms with van der Waals surface area (Å²) >= 11 is -0.156. The largest absolute Gasteiger partial charge is 0.441 e. The summed E-state index contributed by atoms with van der Waals surface area (Å²) in [7, 11) is 0. The molecular weight excluding hydrogens is 305 g/mol. The van der Waals surface area contributed by atoms with E-state index in [0.29, 0.717) is 5.69 Å². The molecule has 0 radical (unpaired) electrons. The molecule has 1 atom stereocenters. The molecule has 1 saturated heterocycles. The normalized spacial score (nSPS) is 19.4. The first-order valence-corrected chi connectivity index (χ1v) is 7.23. The Bertz CT molecular complexity index is 522. The first-order valence-electron chi connectivity index (χ1n) is 6.24. The van der Waals surface area contributed by atoms with Crippen LogP contribution in [0.1, 0.15) is 6.42 Å². The molecule has 1 aliphatic rings. The van der Waals surface area contributed by atoms with Crippen LogP contribution in [0, 0.1) is 0 Å². The minimum Gasteiger partial charge on any atom is -0.305 e. The van der Waals surface area contributed by atoms with Crippen molar-refractivity contribution in [2.75, 3.05) is 17.2 Å². The molecule has 2 rings (SSSR count). The summed E-state index contributed by atoms with van der Waals surface area (Å²) in [6.45, 7) is 0.0104. The molecule has 0 saturated carbocycles. The molecule has 0 aromatic heterocycles. The highest BCUT2D eigenvalue weighted by atomic mass is 32.2. The second kappa shape index (κ2) is 6.48. The van der Waals surface area contributed by atoms with Crippen LogP contribution in [0.15, 0.2) is 30.3 Å². The monoisotopic (exact) mass is 318 g/mol. The molecule has 1 unspecified atom stereocenters. The number of para-hydroxylation sites is 1. The van der Waals surface area contributed by atoms with Gasteiger partial charge in [0.15, 0.2) is 0 Å². The number of imide groups is 1. The maximum atomic E-state index is 12.1. The van der Waals surface area contributed by atoms with Crippen LogP contribution in [0.3, 0.4) is 0 Å². The van der Waals surface area contributed by atoms with Crippen molar-refractivity contribution in [2.24, 2.45) is 0 Å². The Balaban J connectivity index is 1.90. The lowest BCUT2D eigenvalue weighted by atomic mass is 10.2. The molecule has 1 fully saturated rings. The second-order valence-electron chi connectivity index (χ2n) is 4.41. The summed E-state index contributed by atoms with van der Waals surface area (Å²) in [5.41, 5.74) is -3.81. The summed E-state index contributed by atoms with van der Waals surface area (Å²) < 4.78 is 36.0. The number of alkyl halides is 3. The fourth-order valence-electron chi connectivity index (χ4n) is 2.04. The van der Waals surface area contributed by atoms with Crippen LogP contribution in [0.5, 0.6) is 0 Å². The van der Waals surface area contributed by atoms with Gasteiger partial charge in [-0.2, -0.15) is 13.2 Å². The van der Waals surface area contributed by atoms with Crippen LogP contribution in [-0.2, 0) is 9.59 Å². The number of hydrogen-bond acceptors (Lipinski definition) is 4. The number of rotatable bonds is 5. The van der Waals surface area contributed by atoms with Crippen molar-refractivity contribution in [3.63, 3.8) is 0 Å². The van der Waals surface area contributed by atoms with E-state index in [4.69, 9.17) is 0 Å². The Morgan fingerprint density at radius 2 is 1.90 bits per heavy atom. The van der Waals surface area contributed by atoms with Gasteiger partial charge in [-0.25, -0.2) is 4.90 Å². The number of nitrogens with one attached hydrogen (secondary N) is 1. The highest BCUT2D eigenvalue weighted by Gasteiger charge is 2.39. The molecular formula is C13H13F3N2O2S. The lowest BCUT2D eigenvalue weighted by Gasteiger charge is -2.15. The van der Waals surface area contributed by atoms with Gasteiger partial charge in [-0.05, 0) is 23.9 Å². The number of halogens is 3. The summed E-state index contributed by atoms with van der Waals surface area (Å²) in [6.07, 6.45) is -0.0373. The molecule has 0 spiro atoms. The fourth-order valence-corrected chi connectivity index (χ4v) is 2.49. The van der Waals surface area contributed by atoms with E-state index in [1.54, 1.807) is 30.3 Å². The molecule has 1 heterocycles. The van der Waals surface area contributed by atoms with Crippen LogP contribution in [0.4, 0.5) is 18.9 Å². The quantitative estimate of drug-likeness (QED) is 0.668. The fraction of sp³-hybridized carbons (Fsp3) is 0.385. The zero-order valence-corrected chi connectivity index (χ0v) is 11.7. The van der Waals surface area contributed by atoms with Crippen molar-refractivity contribution in [2.45, 2.75) is 18.0 Å². The molecule has 114 valence electrons. The van der Waals surface area contributed by atoms with E-state index in [-0.39, 0.29) is 36.4 Å². The highest BCUT2D eigenvalue weighted by molar-refractivity contribution is 8.00. The average Bonchev–Trinajstić information content (AvgIpc) is 2.69. The highest BCUT2D eigenvalue weighted by Crippen LogP contribution is 2.29. The zero-order chi connectivity index (χ0) is 15.5. The molecule has 2 amide bonds. The minimum absolute atomic E-state index is 0.0104. The van der Waals surface area contributed by atoms with Gasteiger partial charge in [-0.3, -0.25) is 9.59 Å². The Kier molecular flexibility index (Phi) is 4.89. The predicted molar refractivity (Wildman–Crippen MR) is 73.9 cm³/mol. The third-order valence-electron chi connectivity index (χ3n) is 2.92. The van der Waals surface area contributed by atoms with E-state index < -0.39 is 17.5 Å². The molecule has 1 N–H and O–H groups in total. The molecule has 0 aliphatic carbocycles. The van der Waals surface area contributed by atoms with Gasteiger partial charge in [0.1, 0.15) is 0 Å². The van der Waals surface area contributed by atoms with Gasteiger partial charge in [0.05, 0.1) is 18.2 Å². The second-order valence-corrected chi connectivity index (χ2v) is 5.57. The summed E-state index contributed by atoms with van der Waals surface area (Å²) in [5, 5.41) is 2.70. The van der Waals surface area contributed by atoms with Crippen molar-refractivity contribution >= 4 is 29.3 Å². The topological polar surface area (TPSA) is 49.4 Å². The molecule has 1 aromatic carbocycles. The van der Waals surface area contributed by atoms with E-state index in [2.05, 4.69) is 5.32 Å². The first kappa shape index (κ1) is 15.8. The van der Waals surface area contributed by atoms with Gasteiger partial charge >= 0.3 is 5.51 Å². The van der Waals surface area contributed by atoms with Crippen molar-refractivity contribution in [1.29, 1.82) is 0 Å². The van der Waals surface area contributed by atoms with Crippen molar-refractivity contribution < 1.29 is 22.8 Å². The molecule has 21 heavy (non-hydrogen) atoms. The number of carbonyl (C=O) groups is 2. The first-order chi connectivity index (χ1) is 9.88. The summed E-state index contributed by atoms with van der Waals surface area (Å²) in [4.78, 5) is 25.1. The van der Waals surface area contributed by atoms with Gasteiger partial charge in [0, 0.05) is 12.3 Å². The molecule has 0 bridgehead atoms. The van der Waals surface area contributed by atoms with Crippen LogP contribution < -0.4 is 10.2 Å². The van der Waals surface area contributed by atoms with Gasteiger partial charge in [-0.15, -0.1) is 0 Å². The van der Waals surface area contributed by atoms with Gasteiger partial charge in [0.25, 0.3) is 5.91 Å². The van der Waals surface area contributed by atoms with Crippen LogP contribution >= 0.6 is 11.8 Å². The van der Waals surface area contributed by atoms with Gasteiger partial charge < -0.3 is 5.32 Å². The molecule has 1 aliphatic heterocycles. The Morgan fingerprint density at radius 1 is 1.24 bits per heavy atom. The SMILES string of the molecule is O=C1CC(NCCSC(F)(F)F)C(=O)N1c1ccccc1. The number of nitrogens with zero attached hydrogens (tertiary/aromatic N) is 1. The number of carbonyl (C=O) groups excluding carboxylic acids is 2. The maximum absolute atomic E-state index is 12.1. The van der Waals surface area contributed by atoms with Gasteiger partial charge in [0.2, 0.25) is 5.91 Å². The van der Waals surface area contributed by atoms with Crippen LogP contribution in [-0.4, -0.2) is 35.7 Å². The molecule has 8 heteroatoms. The van der Waals surface area contributed by atoms with E-state index in [1.807, 2.05) is 0 Å². The molecule has 1 aromatic rings. The van der Waals surface area contributed by atoms with E-state index in [1.165, 1.54) is 0 Å². The standard InChI is InChI=1S/C13H13F3N2O2S/c14-13(15,16)21-7-6-17-10-8-11(19)18(12(10)20)9-4-2-1-3-5-9/h1-5,10,17H,6-8H2. The van der Waals surface area contributed by atoms with Crippen LogP contribution in [0.2, 0.25) is 0 Å². The predicted octanol–water partition coefficient (Wildman–Crippen LogP) is 2.16. The number of hydrogen-bond donors (Lipinski definition) is 1. The lowest BCUT2D eigenvalue weighted by molar-refractivity contribution is -0.121. The number of benzene rings is 1. The van der Waals surface area contributed by atoms with E-state index in [9.17, 15) is 22.8 Å². The Labute approximate surface area is 123 Å². The maximum Gasteiger partial charge on any atom is 0.441 e. The van der Waals surface area contributed by atoms with Crippen molar-refractivity contribution in [3.8, 4) is 0 Å². The number of anilines is 1.